The quantitative estimate of drug-likeness (QED) is 0.145. The first-order chi connectivity index (χ1) is 36.2. The minimum Gasteiger partial charge on any atom is -0.310 e. The number of para-hydroxylation sites is 1. The van der Waals surface area contributed by atoms with Crippen molar-refractivity contribution in [3.63, 3.8) is 0 Å². The van der Waals surface area contributed by atoms with Gasteiger partial charge in [0.25, 0.3) is 0 Å². The van der Waals surface area contributed by atoms with Crippen LogP contribution < -0.4 is 4.90 Å². The molecule has 15 rings (SSSR count). The SMILES string of the molecule is c1ccc(N(c2ccc(-c3ccc4c(c3)c3cc(-c5cccc6ccccc56)ccc3n4-c3ccc(-c4ccc5c6ccccc6c6ccccc6c5c4)cc3)cc2)c2cccc3sc4ccccc4c23)cc1. The van der Waals surface area contributed by atoms with Gasteiger partial charge in [0.05, 0.1) is 16.7 Å². The Morgan fingerprint density at radius 3 is 1.48 bits per heavy atom. The van der Waals surface area contributed by atoms with E-state index in [2.05, 4.69) is 276 Å². The summed E-state index contributed by atoms with van der Waals surface area (Å²) in [6.07, 6.45) is 0. The maximum atomic E-state index is 2.45. The summed E-state index contributed by atoms with van der Waals surface area (Å²) in [5, 5.41) is 15.2. The largest absolute Gasteiger partial charge is 0.310 e. The van der Waals surface area contributed by atoms with Crippen LogP contribution in [-0.4, -0.2) is 4.57 Å². The molecule has 0 aliphatic rings. The summed E-state index contributed by atoms with van der Waals surface area (Å²) in [5.41, 5.74) is 14.1. The van der Waals surface area contributed by atoms with E-state index >= 15 is 0 Å². The zero-order valence-corrected chi connectivity index (χ0v) is 40.5. The predicted octanol–water partition coefficient (Wildman–Crippen LogP) is 20.2. The summed E-state index contributed by atoms with van der Waals surface area (Å²) >= 11 is 1.86. The summed E-state index contributed by atoms with van der Waals surface area (Å²) in [5.74, 6) is 0. The van der Waals surface area contributed by atoms with Crippen LogP contribution in [0.25, 0.3) is 124 Å². The number of fused-ring (bicyclic) bond motifs is 13. The Kier molecular flexibility index (Phi) is 9.48. The lowest BCUT2D eigenvalue weighted by Gasteiger charge is -2.26. The van der Waals surface area contributed by atoms with Crippen LogP contribution in [-0.2, 0) is 0 Å². The van der Waals surface area contributed by atoms with Gasteiger partial charge in [0, 0.05) is 48.0 Å². The summed E-state index contributed by atoms with van der Waals surface area (Å²) in [4.78, 5) is 2.41. The molecule has 0 spiro atoms. The molecule has 73 heavy (non-hydrogen) atoms. The van der Waals surface area contributed by atoms with Gasteiger partial charge in [0.1, 0.15) is 0 Å². The standard InChI is InChI=1S/C70H44N2S/c1-2-16-51(17-3-1)71(67-25-13-27-69-70(67)61-23-10-11-26-68(61)73-69)52-35-28-46(29-36-52)49-33-40-65-63(43-49)64-44-50(55-24-12-15-47-14-4-5-18-54(47)55)34-41-66(64)72(65)53-37-30-45(31-38-53)48-32-39-60-58-21-7-6-19-56(58)57-20-8-9-22-59(57)62(60)42-48/h1-44H. The van der Waals surface area contributed by atoms with Gasteiger partial charge in [-0.25, -0.2) is 0 Å². The first kappa shape index (κ1) is 41.5. The lowest BCUT2D eigenvalue weighted by molar-refractivity contribution is 1.18. The zero-order chi connectivity index (χ0) is 48.0. The highest BCUT2D eigenvalue weighted by atomic mass is 32.1. The molecule has 0 N–H and O–H groups in total. The van der Waals surface area contributed by atoms with Crippen LogP contribution in [0.5, 0.6) is 0 Å². The lowest BCUT2D eigenvalue weighted by Crippen LogP contribution is -2.10. The van der Waals surface area contributed by atoms with E-state index in [9.17, 15) is 0 Å². The highest BCUT2D eigenvalue weighted by Crippen LogP contribution is 2.46. The number of rotatable bonds is 7. The second kappa shape index (κ2) is 16.7. The molecule has 0 radical (unpaired) electrons. The van der Waals surface area contributed by atoms with E-state index < -0.39 is 0 Å². The number of nitrogens with zero attached hydrogens (tertiary/aromatic N) is 2. The van der Waals surface area contributed by atoms with Crippen molar-refractivity contribution in [2.45, 2.75) is 0 Å². The third-order valence-electron chi connectivity index (χ3n) is 15.2. The maximum Gasteiger partial charge on any atom is 0.0554 e. The van der Waals surface area contributed by atoms with Crippen LogP contribution in [0.2, 0.25) is 0 Å². The molecule has 13 aromatic carbocycles. The van der Waals surface area contributed by atoms with E-state index in [1.165, 1.54) is 124 Å². The van der Waals surface area contributed by atoms with Crippen molar-refractivity contribution in [1.82, 2.24) is 4.57 Å². The van der Waals surface area contributed by atoms with Gasteiger partial charge in [-0.1, -0.05) is 182 Å². The molecule has 0 saturated carbocycles. The third kappa shape index (κ3) is 6.70. The van der Waals surface area contributed by atoms with Gasteiger partial charge in [-0.05, 0) is 161 Å². The van der Waals surface area contributed by atoms with E-state index in [1.807, 2.05) is 11.3 Å². The van der Waals surface area contributed by atoms with Crippen molar-refractivity contribution >= 4 is 113 Å². The normalized spacial score (nSPS) is 11.8. The topological polar surface area (TPSA) is 8.17 Å². The average molecular weight is 945 g/mol. The van der Waals surface area contributed by atoms with Crippen molar-refractivity contribution in [2.75, 3.05) is 4.90 Å². The number of aromatic nitrogens is 1. The van der Waals surface area contributed by atoms with Crippen LogP contribution in [0, 0.1) is 0 Å². The number of hydrogen-bond donors (Lipinski definition) is 0. The molecule has 0 bridgehead atoms. The zero-order valence-electron chi connectivity index (χ0n) is 39.7. The Labute approximate surface area is 426 Å². The molecule has 15 aromatic rings. The molecule has 0 aliphatic heterocycles. The summed E-state index contributed by atoms with van der Waals surface area (Å²) in [6.45, 7) is 0. The van der Waals surface area contributed by atoms with E-state index in [0.29, 0.717) is 0 Å². The fourth-order valence-corrected chi connectivity index (χ4v) is 12.9. The molecule has 3 heteroatoms. The summed E-state index contributed by atoms with van der Waals surface area (Å²) in [6, 6.07) is 98.5. The number of anilines is 3. The molecule has 2 heterocycles. The van der Waals surface area contributed by atoms with E-state index in [4.69, 9.17) is 0 Å². The Balaban J connectivity index is 0.857. The van der Waals surface area contributed by atoms with E-state index in [-0.39, 0.29) is 0 Å². The Bertz CT molecular complexity index is 4620. The molecule has 2 nitrogen and oxygen atoms in total. The summed E-state index contributed by atoms with van der Waals surface area (Å²) in [7, 11) is 0. The number of thiophene rings is 1. The minimum atomic E-state index is 1.11. The van der Waals surface area contributed by atoms with Crippen LogP contribution in [0.3, 0.4) is 0 Å². The average Bonchev–Trinajstić information content (AvgIpc) is 4.02. The van der Waals surface area contributed by atoms with Gasteiger partial charge < -0.3 is 9.47 Å². The Morgan fingerprint density at radius 1 is 0.288 bits per heavy atom. The highest BCUT2D eigenvalue weighted by molar-refractivity contribution is 7.26. The van der Waals surface area contributed by atoms with Crippen LogP contribution in [0.15, 0.2) is 267 Å². The molecule has 0 fully saturated rings. The van der Waals surface area contributed by atoms with Crippen molar-refractivity contribution in [3.05, 3.63) is 267 Å². The van der Waals surface area contributed by atoms with Crippen LogP contribution in [0.1, 0.15) is 0 Å². The number of hydrogen-bond acceptors (Lipinski definition) is 2. The molecule has 0 atom stereocenters. The monoisotopic (exact) mass is 944 g/mol. The van der Waals surface area contributed by atoms with Crippen LogP contribution in [0.4, 0.5) is 17.1 Å². The van der Waals surface area contributed by atoms with E-state index in [1.54, 1.807) is 0 Å². The van der Waals surface area contributed by atoms with Gasteiger partial charge in [0.15, 0.2) is 0 Å². The van der Waals surface area contributed by atoms with Gasteiger partial charge in [0.2, 0.25) is 0 Å². The molecule has 0 saturated heterocycles. The fraction of sp³-hybridized carbons (Fsp3) is 0. The van der Waals surface area contributed by atoms with Crippen molar-refractivity contribution in [1.29, 1.82) is 0 Å². The first-order valence-electron chi connectivity index (χ1n) is 25.1. The molecule has 340 valence electrons. The van der Waals surface area contributed by atoms with E-state index in [0.717, 1.165) is 17.1 Å². The van der Waals surface area contributed by atoms with Crippen molar-refractivity contribution in [3.8, 4) is 39.1 Å². The molecule has 0 unspecified atom stereocenters. The highest BCUT2D eigenvalue weighted by Gasteiger charge is 2.20. The van der Waals surface area contributed by atoms with Crippen LogP contribution >= 0.6 is 11.3 Å². The minimum absolute atomic E-state index is 1.11. The molecule has 0 aliphatic carbocycles. The molecule has 2 aromatic heterocycles. The van der Waals surface area contributed by atoms with Gasteiger partial charge in [-0.15, -0.1) is 11.3 Å². The predicted molar refractivity (Wildman–Crippen MR) is 315 cm³/mol. The number of benzene rings is 13. The second-order valence-electron chi connectivity index (χ2n) is 19.2. The maximum absolute atomic E-state index is 2.45. The third-order valence-corrected chi connectivity index (χ3v) is 16.3. The molecular weight excluding hydrogens is 901 g/mol. The lowest BCUT2D eigenvalue weighted by atomic mass is 9.92. The Hall–Kier alpha value is -9.28. The fourth-order valence-electron chi connectivity index (χ4n) is 11.8. The smallest absolute Gasteiger partial charge is 0.0554 e. The van der Waals surface area contributed by atoms with Gasteiger partial charge >= 0.3 is 0 Å². The van der Waals surface area contributed by atoms with Crippen molar-refractivity contribution < 1.29 is 0 Å². The summed E-state index contributed by atoms with van der Waals surface area (Å²) < 4.78 is 5.03. The van der Waals surface area contributed by atoms with Crippen molar-refractivity contribution in [2.24, 2.45) is 0 Å². The molecular formula is C70H44N2S. The van der Waals surface area contributed by atoms with Gasteiger partial charge in [-0.3, -0.25) is 0 Å². The second-order valence-corrected chi connectivity index (χ2v) is 20.3. The molecule has 0 amide bonds. The van der Waals surface area contributed by atoms with Gasteiger partial charge in [-0.2, -0.15) is 0 Å². The Morgan fingerprint density at radius 2 is 0.767 bits per heavy atom. The first-order valence-corrected chi connectivity index (χ1v) is 25.9.